The van der Waals surface area contributed by atoms with Gasteiger partial charge in [-0.25, -0.2) is 9.37 Å². The molecule has 4 rings (SSSR count). The van der Waals surface area contributed by atoms with Crippen LogP contribution >= 0.6 is 0 Å². The molecule has 0 fully saturated rings. The molecule has 6 heteroatoms. The van der Waals surface area contributed by atoms with Crippen LogP contribution in [-0.2, 0) is 0 Å². The van der Waals surface area contributed by atoms with Crippen LogP contribution < -0.4 is 5.73 Å². The molecule has 114 valence electrons. The standard InChI is InChI=1S/C17H13FN4O/c18-11-3-4-22-15(8-21-17(22)6-11)10-1-2-12-13(5-10)14(7-19)20-9-16(12)23/h1-6,8H,7,9,19H2. The Morgan fingerprint density at radius 3 is 2.91 bits per heavy atom. The number of hydrogen-bond acceptors (Lipinski definition) is 4. The van der Waals surface area contributed by atoms with Gasteiger partial charge >= 0.3 is 0 Å². The van der Waals surface area contributed by atoms with E-state index in [9.17, 15) is 9.18 Å². The summed E-state index contributed by atoms with van der Waals surface area (Å²) in [6.45, 7) is 0.426. The maximum Gasteiger partial charge on any atom is 0.184 e. The molecule has 5 nitrogen and oxygen atoms in total. The summed E-state index contributed by atoms with van der Waals surface area (Å²) in [6.07, 6.45) is 3.32. The highest BCUT2D eigenvalue weighted by Crippen LogP contribution is 2.26. The van der Waals surface area contributed by atoms with Crippen LogP contribution in [0.25, 0.3) is 16.9 Å². The zero-order valence-electron chi connectivity index (χ0n) is 12.2. The molecule has 1 aromatic carbocycles. The largest absolute Gasteiger partial charge is 0.325 e. The van der Waals surface area contributed by atoms with Crippen molar-refractivity contribution in [2.75, 3.05) is 13.1 Å². The minimum atomic E-state index is -0.330. The second-order valence-corrected chi connectivity index (χ2v) is 5.37. The molecule has 0 spiro atoms. The van der Waals surface area contributed by atoms with Crippen LogP contribution in [0, 0.1) is 5.82 Å². The second kappa shape index (κ2) is 5.10. The number of ketones is 1. The van der Waals surface area contributed by atoms with E-state index in [1.807, 2.05) is 12.1 Å². The van der Waals surface area contributed by atoms with Crippen molar-refractivity contribution in [3.8, 4) is 11.3 Å². The molecule has 0 bridgehead atoms. The van der Waals surface area contributed by atoms with Crippen LogP contribution in [-0.4, -0.2) is 34.0 Å². The molecule has 3 aromatic rings. The molecular formula is C17H13FN4O. The van der Waals surface area contributed by atoms with Crippen LogP contribution in [0.1, 0.15) is 15.9 Å². The van der Waals surface area contributed by atoms with Gasteiger partial charge in [-0.05, 0) is 18.2 Å². The summed E-state index contributed by atoms with van der Waals surface area (Å²) in [5, 5.41) is 0. The Morgan fingerprint density at radius 2 is 2.09 bits per heavy atom. The molecule has 1 aliphatic heterocycles. The molecule has 23 heavy (non-hydrogen) atoms. The van der Waals surface area contributed by atoms with Crippen LogP contribution in [0.3, 0.4) is 0 Å². The lowest BCUT2D eigenvalue weighted by molar-refractivity contribution is 0.1000. The number of carbonyl (C=O) groups excluding carboxylic acids is 1. The maximum atomic E-state index is 13.3. The first-order valence-electron chi connectivity index (χ1n) is 7.21. The number of carbonyl (C=O) groups is 1. The molecule has 1 aliphatic rings. The highest BCUT2D eigenvalue weighted by Gasteiger charge is 2.20. The summed E-state index contributed by atoms with van der Waals surface area (Å²) in [5.74, 6) is -0.341. The van der Waals surface area contributed by atoms with Gasteiger partial charge in [0, 0.05) is 35.5 Å². The fourth-order valence-corrected chi connectivity index (χ4v) is 2.87. The SMILES string of the molecule is NCC1=NCC(=O)c2ccc(-c3cnc4cc(F)ccn34)cc21. The van der Waals surface area contributed by atoms with Crippen molar-refractivity contribution >= 4 is 17.1 Å². The molecule has 0 amide bonds. The van der Waals surface area contributed by atoms with Gasteiger partial charge in [-0.1, -0.05) is 6.07 Å². The lowest BCUT2D eigenvalue weighted by atomic mass is 9.94. The summed E-state index contributed by atoms with van der Waals surface area (Å²) in [5.41, 5.74) is 10.1. The van der Waals surface area contributed by atoms with Crippen molar-refractivity contribution < 1.29 is 9.18 Å². The molecule has 3 heterocycles. The van der Waals surface area contributed by atoms with Crippen LogP contribution in [0.4, 0.5) is 4.39 Å². The summed E-state index contributed by atoms with van der Waals surface area (Å²) in [7, 11) is 0. The highest BCUT2D eigenvalue weighted by molar-refractivity contribution is 6.16. The lowest BCUT2D eigenvalue weighted by Crippen LogP contribution is -2.24. The predicted molar refractivity (Wildman–Crippen MR) is 85.4 cm³/mol. The number of imidazole rings is 1. The van der Waals surface area contributed by atoms with Gasteiger partial charge < -0.3 is 5.73 Å². The van der Waals surface area contributed by atoms with Crippen LogP contribution in [0.5, 0.6) is 0 Å². The zero-order valence-corrected chi connectivity index (χ0v) is 12.2. The average molecular weight is 308 g/mol. The second-order valence-electron chi connectivity index (χ2n) is 5.37. The van der Waals surface area contributed by atoms with Crippen LogP contribution in [0.15, 0.2) is 47.7 Å². The lowest BCUT2D eigenvalue weighted by Gasteiger charge is -2.16. The first-order valence-corrected chi connectivity index (χ1v) is 7.21. The summed E-state index contributed by atoms with van der Waals surface area (Å²) < 4.78 is 15.1. The Kier molecular flexibility index (Phi) is 3.06. The third-order valence-corrected chi connectivity index (χ3v) is 4.01. The van der Waals surface area contributed by atoms with E-state index in [0.29, 0.717) is 11.2 Å². The topological polar surface area (TPSA) is 72.8 Å². The highest BCUT2D eigenvalue weighted by atomic mass is 19.1. The van der Waals surface area contributed by atoms with Gasteiger partial charge in [0.1, 0.15) is 18.0 Å². The number of fused-ring (bicyclic) bond motifs is 2. The van der Waals surface area contributed by atoms with E-state index in [2.05, 4.69) is 9.98 Å². The Bertz CT molecular complexity index is 974. The number of rotatable bonds is 2. The van der Waals surface area contributed by atoms with Crippen molar-refractivity contribution in [2.45, 2.75) is 0 Å². The van der Waals surface area contributed by atoms with Crippen LogP contribution in [0.2, 0.25) is 0 Å². The average Bonchev–Trinajstić information content (AvgIpc) is 2.98. The summed E-state index contributed by atoms with van der Waals surface area (Å²) >= 11 is 0. The van der Waals surface area contributed by atoms with Crippen molar-refractivity contribution in [2.24, 2.45) is 10.7 Å². The fourth-order valence-electron chi connectivity index (χ4n) is 2.87. The number of aromatic nitrogens is 2. The molecule has 0 aliphatic carbocycles. The van der Waals surface area contributed by atoms with Gasteiger partial charge in [-0.2, -0.15) is 0 Å². The van der Waals surface area contributed by atoms with E-state index < -0.39 is 0 Å². The Hall–Kier alpha value is -2.86. The monoisotopic (exact) mass is 308 g/mol. The van der Waals surface area contributed by atoms with Gasteiger partial charge in [0.05, 0.1) is 17.6 Å². The van der Waals surface area contributed by atoms with E-state index in [1.54, 1.807) is 22.9 Å². The number of halogens is 1. The number of aliphatic imine (C=N–C) groups is 1. The number of benzene rings is 1. The Morgan fingerprint density at radius 1 is 1.22 bits per heavy atom. The molecule has 2 aromatic heterocycles. The third-order valence-electron chi connectivity index (χ3n) is 4.01. The molecule has 0 saturated heterocycles. The number of Topliss-reactive ketones (excluding diaryl/α,β-unsaturated/α-hetero) is 1. The number of hydrogen-bond donors (Lipinski definition) is 1. The van der Waals surface area contributed by atoms with E-state index in [1.165, 1.54) is 12.1 Å². The smallest absolute Gasteiger partial charge is 0.184 e. The molecular weight excluding hydrogens is 295 g/mol. The van der Waals surface area contributed by atoms with Crippen molar-refractivity contribution in [1.82, 2.24) is 9.38 Å². The number of nitrogens with two attached hydrogens (primary N) is 1. The minimum absolute atomic E-state index is 0.0102. The summed E-state index contributed by atoms with van der Waals surface area (Å²) in [4.78, 5) is 20.4. The Labute approximate surface area is 131 Å². The first kappa shape index (κ1) is 13.8. The maximum absolute atomic E-state index is 13.3. The van der Waals surface area contributed by atoms with Gasteiger partial charge in [0.25, 0.3) is 0 Å². The third kappa shape index (κ3) is 2.15. The molecule has 2 N–H and O–H groups in total. The van der Waals surface area contributed by atoms with Crippen molar-refractivity contribution in [3.63, 3.8) is 0 Å². The minimum Gasteiger partial charge on any atom is -0.325 e. The molecule has 0 atom stereocenters. The fraction of sp³-hybridized carbons (Fsp3) is 0.118. The van der Waals surface area contributed by atoms with Gasteiger partial charge in [-0.15, -0.1) is 0 Å². The van der Waals surface area contributed by atoms with Crippen molar-refractivity contribution in [1.29, 1.82) is 0 Å². The van der Waals surface area contributed by atoms with E-state index >= 15 is 0 Å². The van der Waals surface area contributed by atoms with E-state index in [4.69, 9.17) is 5.73 Å². The normalized spacial score (nSPS) is 14.0. The molecule has 0 radical (unpaired) electrons. The molecule has 0 saturated carbocycles. The Balaban J connectivity index is 1.90. The van der Waals surface area contributed by atoms with Gasteiger partial charge in [0.15, 0.2) is 5.78 Å². The predicted octanol–water partition coefficient (Wildman–Crippen LogP) is 2.08. The zero-order chi connectivity index (χ0) is 16.0. The van der Waals surface area contributed by atoms with Gasteiger partial charge in [-0.3, -0.25) is 14.2 Å². The summed E-state index contributed by atoms with van der Waals surface area (Å²) in [6, 6.07) is 8.30. The van der Waals surface area contributed by atoms with E-state index in [-0.39, 0.29) is 24.7 Å². The molecule has 0 unspecified atom stereocenters. The van der Waals surface area contributed by atoms with Gasteiger partial charge in [0.2, 0.25) is 0 Å². The first-order chi connectivity index (χ1) is 11.2. The van der Waals surface area contributed by atoms with Crippen molar-refractivity contribution in [3.05, 3.63) is 59.7 Å². The number of pyridine rings is 1. The number of nitrogens with zero attached hydrogens (tertiary/aromatic N) is 3. The van der Waals surface area contributed by atoms with E-state index in [0.717, 1.165) is 22.5 Å². The quantitative estimate of drug-likeness (QED) is 0.788.